The Labute approximate surface area is 102 Å². The Morgan fingerprint density at radius 1 is 1.35 bits per heavy atom. The lowest BCUT2D eigenvalue weighted by Gasteiger charge is -2.20. The number of anilines is 2. The molecule has 4 nitrogen and oxygen atoms in total. The highest BCUT2D eigenvalue weighted by molar-refractivity contribution is 5.99. The third-order valence-electron chi connectivity index (χ3n) is 3.18. The molecule has 0 aromatic heterocycles. The molecule has 4 heteroatoms. The zero-order valence-electron chi connectivity index (χ0n) is 10.7. The van der Waals surface area contributed by atoms with Crippen molar-refractivity contribution < 1.29 is 4.79 Å². The number of carbonyl (C=O) groups excluding carboxylic acids is 1. The summed E-state index contributed by atoms with van der Waals surface area (Å²) in [7, 11) is 0. The van der Waals surface area contributed by atoms with E-state index in [4.69, 9.17) is 11.5 Å². The van der Waals surface area contributed by atoms with Crippen LogP contribution in [-0.4, -0.2) is 11.9 Å². The minimum atomic E-state index is -0.143. The summed E-state index contributed by atoms with van der Waals surface area (Å²) in [5.74, 6) is 0.296. The number of benzene rings is 1. The van der Waals surface area contributed by atoms with Crippen molar-refractivity contribution >= 4 is 17.3 Å². The molecule has 1 amide bonds. The van der Waals surface area contributed by atoms with E-state index < -0.39 is 0 Å². The van der Waals surface area contributed by atoms with Gasteiger partial charge in [-0.25, -0.2) is 0 Å². The van der Waals surface area contributed by atoms with Gasteiger partial charge in [0.15, 0.2) is 0 Å². The van der Waals surface area contributed by atoms with Gasteiger partial charge in [0.05, 0.1) is 5.56 Å². The van der Waals surface area contributed by atoms with Crippen LogP contribution in [0.1, 0.15) is 37.6 Å². The standard InChI is InChI=1S/C13H21N3O/c1-4-8(2)9(3)16-13(17)11-6-5-10(14)7-12(11)15/h5-9H,4,14-15H2,1-3H3,(H,16,17). The van der Waals surface area contributed by atoms with Gasteiger partial charge in [-0.1, -0.05) is 20.3 Å². The predicted octanol–water partition coefficient (Wildman–Crippen LogP) is 2.02. The number of hydrogen-bond acceptors (Lipinski definition) is 3. The topological polar surface area (TPSA) is 81.1 Å². The van der Waals surface area contributed by atoms with E-state index in [0.29, 0.717) is 22.9 Å². The maximum absolute atomic E-state index is 12.0. The van der Waals surface area contributed by atoms with Crippen LogP contribution in [0.3, 0.4) is 0 Å². The van der Waals surface area contributed by atoms with Crippen molar-refractivity contribution in [2.45, 2.75) is 33.2 Å². The van der Waals surface area contributed by atoms with Gasteiger partial charge in [0.25, 0.3) is 5.91 Å². The second kappa shape index (κ2) is 5.57. The molecule has 0 spiro atoms. The monoisotopic (exact) mass is 235 g/mol. The highest BCUT2D eigenvalue weighted by Crippen LogP contribution is 2.16. The number of nitrogen functional groups attached to an aromatic ring is 2. The smallest absolute Gasteiger partial charge is 0.253 e. The summed E-state index contributed by atoms with van der Waals surface area (Å²) in [5, 5.41) is 2.95. The van der Waals surface area contributed by atoms with Crippen molar-refractivity contribution in [2.75, 3.05) is 11.5 Å². The SMILES string of the molecule is CCC(C)C(C)NC(=O)c1ccc(N)cc1N. The van der Waals surface area contributed by atoms with E-state index in [0.717, 1.165) is 6.42 Å². The van der Waals surface area contributed by atoms with Gasteiger partial charge in [0.2, 0.25) is 0 Å². The van der Waals surface area contributed by atoms with E-state index in [1.165, 1.54) is 0 Å². The molecule has 1 aromatic carbocycles. The zero-order valence-corrected chi connectivity index (χ0v) is 10.7. The van der Waals surface area contributed by atoms with E-state index in [9.17, 15) is 4.79 Å². The normalized spacial score (nSPS) is 14.1. The molecule has 0 heterocycles. The van der Waals surface area contributed by atoms with Gasteiger partial charge in [0.1, 0.15) is 0 Å². The first-order valence-electron chi connectivity index (χ1n) is 5.91. The number of nitrogens with one attached hydrogen (secondary N) is 1. The zero-order chi connectivity index (χ0) is 13.0. The van der Waals surface area contributed by atoms with Crippen LogP contribution in [0.4, 0.5) is 11.4 Å². The highest BCUT2D eigenvalue weighted by atomic mass is 16.1. The molecule has 0 fully saturated rings. The van der Waals surface area contributed by atoms with Gasteiger partial charge in [-0.15, -0.1) is 0 Å². The third-order valence-corrected chi connectivity index (χ3v) is 3.18. The molecule has 0 bridgehead atoms. The molecule has 0 radical (unpaired) electrons. The Hall–Kier alpha value is -1.71. The quantitative estimate of drug-likeness (QED) is 0.698. The molecule has 17 heavy (non-hydrogen) atoms. The summed E-state index contributed by atoms with van der Waals surface area (Å²) in [6, 6.07) is 5.06. The average Bonchev–Trinajstić information content (AvgIpc) is 2.27. The molecule has 0 saturated heterocycles. The number of amides is 1. The van der Waals surface area contributed by atoms with E-state index in [1.807, 2.05) is 6.92 Å². The summed E-state index contributed by atoms with van der Waals surface area (Å²) in [6.07, 6.45) is 1.03. The van der Waals surface area contributed by atoms with E-state index in [-0.39, 0.29) is 11.9 Å². The molecular formula is C13H21N3O. The Kier molecular flexibility index (Phi) is 4.37. The van der Waals surface area contributed by atoms with Crippen molar-refractivity contribution in [1.82, 2.24) is 5.32 Å². The maximum atomic E-state index is 12.0. The van der Waals surface area contributed by atoms with Crippen molar-refractivity contribution in [3.05, 3.63) is 23.8 Å². The lowest BCUT2D eigenvalue weighted by Crippen LogP contribution is -2.37. The van der Waals surface area contributed by atoms with Crippen LogP contribution >= 0.6 is 0 Å². The number of nitrogens with two attached hydrogens (primary N) is 2. The maximum Gasteiger partial charge on any atom is 0.253 e. The average molecular weight is 235 g/mol. The fraction of sp³-hybridized carbons (Fsp3) is 0.462. The molecule has 1 rings (SSSR count). The van der Waals surface area contributed by atoms with Crippen LogP contribution < -0.4 is 16.8 Å². The van der Waals surface area contributed by atoms with Crippen molar-refractivity contribution in [3.63, 3.8) is 0 Å². The van der Waals surface area contributed by atoms with Crippen LogP contribution in [0.25, 0.3) is 0 Å². The van der Waals surface area contributed by atoms with Crippen molar-refractivity contribution in [3.8, 4) is 0 Å². The largest absolute Gasteiger partial charge is 0.399 e. The first-order valence-corrected chi connectivity index (χ1v) is 5.91. The second-order valence-electron chi connectivity index (χ2n) is 4.49. The van der Waals surface area contributed by atoms with Crippen LogP contribution in [0, 0.1) is 5.92 Å². The van der Waals surface area contributed by atoms with Gasteiger partial charge < -0.3 is 16.8 Å². The molecule has 94 valence electrons. The lowest BCUT2D eigenvalue weighted by atomic mass is 10.0. The minimum Gasteiger partial charge on any atom is -0.399 e. The minimum absolute atomic E-state index is 0.129. The second-order valence-corrected chi connectivity index (χ2v) is 4.49. The Balaban J connectivity index is 2.76. The molecule has 0 aliphatic heterocycles. The van der Waals surface area contributed by atoms with Crippen LogP contribution in [0.2, 0.25) is 0 Å². The molecule has 5 N–H and O–H groups in total. The van der Waals surface area contributed by atoms with Crippen LogP contribution in [-0.2, 0) is 0 Å². The summed E-state index contributed by atoms with van der Waals surface area (Å²) in [6.45, 7) is 6.21. The molecular weight excluding hydrogens is 214 g/mol. The van der Waals surface area contributed by atoms with Gasteiger partial charge in [-0.2, -0.15) is 0 Å². The summed E-state index contributed by atoms with van der Waals surface area (Å²) in [5.41, 5.74) is 12.8. The van der Waals surface area contributed by atoms with Crippen LogP contribution in [0.15, 0.2) is 18.2 Å². The fourth-order valence-corrected chi connectivity index (χ4v) is 1.57. The number of rotatable bonds is 4. The molecule has 1 aromatic rings. The van der Waals surface area contributed by atoms with E-state index in [1.54, 1.807) is 18.2 Å². The lowest BCUT2D eigenvalue weighted by molar-refractivity contribution is 0.0929. The molecule has 0 aliphatic carbocycles. The number of hydrogen-bond donors (Lipinski definition) is 3. The van der Waals surface area contributed by atoms with Crippen molar-refractivity contribution in [2.24, 2.45) is 5.92 Å². The highest BCUT2D eigenvalue weighted by Gasteiger charge is 2.16. The predicted molar refractivity (Wildman–Crippen MR) is 71.7 cm³/mol. The Bertz CT molecular complexity index is 404. The van der Waals surface area contributed by atoms with Crippen molar-refractivity contribution in [1.29, 1.82) is 0 Å². The number of carbonyl (C=O) groups is 1. The first-order chi connectivity index (χ1) is 7.95. The van der Waals surface area contributed by atoms with E-state index in [2.05, 4.69) is 19.2 Å². The summed E-state index contributed by atoms with van der Waals surface area (Å²) < 4.78 is 0. The van der Waals surface area contributed by atoms with Gasteiger partial charge in [0, 0.05) is 17.4 Å². The molecule has 0 saturated carbocycles. The van der Waals surface area contributed by atoms with Gasteiger partial charge >= 0.3 is 0 Å². The molecule has 2 atom stereocenters. The summed E-state index contributed by atoms with van der Waals surface area (Å²) in [4.78, 5) is 12.0. The first kappa shape index (κ1) is 13.4. The Morgan fingerprint density at radius 2 is 2.00 bits per heavy atom. The van der Waals surface area contributed by atoms with Gasteiger partial charge in [-0.05, 0) is 31.0 Å². The molecule has 2 unspecified atom stereocenters. The molecule has 0 aliphatic rings. The third kappa shape index (κ3) is 3.37. The summed E-state index contributed by atoms with van der Waals surface area (Å²) >= 11 is 0. The van der Waals surface area contributed by atoms with Crippen LogP contribution in [0.5, 0.6) is 0 Å². The van der Waals surface area contributed by atoms with Gasteiger partial charge in [-0.3, -0.25) is 4.79 Å². The fourth-order valence-electron chi connectivity index (χ4n) is 1.57. The van der Waals surface area contributed by atoms with E-state index >= 15 is 0 Å². The Morgan fingerprint density at radius 3 is 2.53 bits per heavy atom.